The number of nitrogens with one attached hydrogen (secondary N) is 1. The molecule has 5 amide bonds. The van der Waals surface area contributed by atoms with Gasteiger partial charge >= 0.3 is 18.2 Å². The van der Waals surface area contributed by atoms with Crippen LogP contribution in [0.5, 0.6) is 11.5 Å². The summed E-state index contributed by atoms with van der Waals surface area (Å²) in [6.45, 7) is 12.4. The molecular weight excluding hydrogens is 692 g/mol. The van der Waals surface area contributed by atoms with Gasteiger partial charge in [0.1, 0.15) is 5.60 Å². The van der Waals surface area contributed by atoms with Crippen molar-refractivity contribution in [3.63, 3.8) is 0 Å². The van der Waals surface area contributed by atoms with E-state index in [1.807, 2.05) is 49.9 Å². The maximum absolute atomic E-state index is 14.2. The summed E-state index contributed by atoms with van der Waals surface area (Å²) in [6.07, 6.45) is 1.83. The van der Waals surface area contributed by atoms with Gasteiger partial charge in [-0.1, -0.05) is 24.3 Å². The fourth-order valence-electron chi connectivity index (χ4n) is 8.03. The van der Waals surface area contributed by atoms with Crippen molar-refractivity contribution in [3.05, 3.63) is 53.1 Å². The van der Waals surface area contributed by atoms with Crippen molar-refractivity contribution >= 4 is 29.8 Å². The molecule has 0 bridgehead atoms. The molecule has 0 radical (unpaired) electrons. The third-order valence-electron chi connectivity index (χ3n) is 11.0. The van der Waals surface area contributed by atoms with Gasteiger partial charge in [0.2, 0.25) is 0 Å². The molecule has 294 valence electrons. The maximum atomic E-state index is 14.2. The summed E-state index contributed by atoms with van der Waals surface area (Å²) >= 11 is 0. The number of hydrogen-bond acceptors (Lipinski definition) is 9. The number of phenols is 1. The van der Waals surface area contributed by atoms with E-state index >= 15 is 0 Å². The van der Waals surface area contributed by atoms with E-state index in [4.69, 9.17) is 14.2 Å². The number of anilines is 1. The zero-order valence-corrected chi connectivity index (χ0v) is 32.3. The van der Waals surface area contributed by atoms with E-state index < -0.39 is 17.8 Å². The Morgan fingerprint density at radius 3 is 2.13 bits per heavy atom. The summed E-state index contributed by atoms with van der Waals surface area (Å²) in [6, 6.07) is 11.5. The van der Waals surface area contributed by atoms with E-state index in [1.54, 1.807) is 33.8 Å². The lowest BCUT2D eigenvalue weighted by molar-refractivity contribution is -0.143. The third-order valence-corrected chi connectivity index (χ3v) is 11.0. The highest BCUT2D eigenvalue weighted by Crippen LogP contribution is 2.32. The first kappa shape index (κ1) is 39.0. The number of aromatic hydroxyl groups is 1. The van der Waals surface area contributed by atoms with Crippen LogP contribution in [0.4, 0.5) is 20.1 Å². The van der Waals surface area contributed by atoms with E-state index in [1.165, 1.54) is 7.11 Å². The van der Waals surface area contributed by atoms with Gasteiger partial charge in [-0.25, -0.2) is 14.4 Å². The Bertz CT molecular complexity index is 1670. The van der Waals surface area contributed by atoms with Crippen LogP contribution in [-0.4, -0.2) is 144 Å². The molecule has 0 saturated carbocycles. The predicted molar refractivity (Wildman–Crippen MR) is 203 cm³/mol. The Balaban J connectivity index is 1.06. The number of carbonyl (C=O) groups excluding carboxylic acids is 4. The van der Waals surface area contributed by atoms with Crippen LogP contribution in [0, 0.1) is 6.92 Å². The number of para-hydroxylation sites is 1. The van der Waals surface area contributed by atoms with E-state index in [-0.39, 0.29) is 42.0 Å². The number of likely N-dealkylation sites (tertiary alicyclic amines) is 2. The number of carbonyl (C=O) groups is 4. The maximum Gasteiger partial charge on any atom is 0.410 e. The molecule has 3 fully saturated rings. The van der Waals surface area contributed by atoms with Crippen LogP contribution in [0.25, 0.3) is 0 Å². The van der Waals surface area contributed by atoms with Crippen molar-refractivity contribution in [2.24, 2.45) is 0 Å². The molecule has 4 aliphatic rings. The van der Waals surface area contributed by atoms with E-state index in [0.29, 0.717) is 88.9 Å². The normalized spacial score (nSPS) is 19.8. The molecule has 0 aromatic heterocycles. The molecule has 2 aromatic carbocycles. The molecule has 14 nitrogen and oxygen atoms in total. The van der Waals surface area contributed by atoms with Gasteiger partial charge in [0.05, 0.1) is 7.11 Å². The van der Waals surface area contributed by atoms with Crippen molar-refractivity contribution < 1.29 is 38.5 Å². The second kappa shape index (κ2) is 16.7. The Labute approximate surface area is 318 Å². The van der Waals surface area contributed by atoms with Gasteiger partial charge in [0.15, 0.2) is 17.6 Å². The summed E-state index contributed by atoms with van der Waals surface area (Å²) < 4.78 is 17.0. The number of benzene rings is 2. The smallest absolute Gasteiger partial charge is 0.410 e. The van der Waals surface area contributed by atoms with Crippen molar-refractivity contribution in [1.82, 2.24) is 24.5 Å². The Morgan fingerprint density at radius 1 is 0.852 bits per heavy atom. The first-order valence-electron chi connectivity index (χ1n) is 19.3. The van der Waals surface area contributed by atoms with E-state index in [2.05, 4.69) is 10.2 Å². The summed E-state index contributed by atoms with van der Waals surface area (Å²) in [5.74, 6) is 0.0544. The first-order valence-corrected chi connectivity index (χ1v) is 19.3. The van der Waals surface area contributed by atoms with E-state index in [0.717, 1.165) is 30.5 Å². The summed E-state index contributed by atoms with van der Waals surface area (Å²) in [7, 11) is 1.47. The SMILES string of the molecule is COc1cc(C[C@@H](OC(=O)N2CCC(N3CCc4ccccc4NC3=O)CC2)C(=O)N2CCN(C3CCN(C(=O)OC(C)(C)C)CC3)CC2)cc(C)c1O. The molecule has 6 rings (SSSR count). The minimum absolute atomic E-state index is 0.0194. The summed E-state index contributed by atoms with van der Waals surface area (Å²) in [5.41, 5.74) is 2.71. The lowest BCUT2D eigenvalue weighted by Crippen LogP contribution is -2.57. The number of fused-ring (bicyclic) bond motifs is 1. The second-order valence-electron chi connectivity index (χ2n) is 15.8. The van der Waals surface area contributed by atoms with Gasteiger partial charge in [-0.3, -0.25) is 9.69 Å². The average Bonchev–Trinajstić information content (AvgIpc) is 3.33. The largest absolute Gasteiger partial charge is 0.504 e. The highest BCUT2D eigenvalue weighted by Gasteiger charge is 2.37. The molecule has 1 atom stereocenters. The number of aryl methyl sites for hydroxylation is 1. The lowest BCUT2D eigenvalue weighted by Gasteiger charge is -2.43. The summed E-state index contributed by atoms with van der Waals surface area (Å²) in [4.78, 5) is 63.0. The van der Waals surface area contributed by atoms with Crippen LogP contribution in [0.1, 0.15) is 63.1 Å². The van der Waals surface area contributed by atoms with Crippen molar-refractivity contribution in [1.29, 1.82) is 0 Å². The van der Waals surface area contributed by atoms with Crippen LogP contribution >= 0.6 is 0 Å². The van der Waals surface area contributed by atoms with Gasteiger partial charge in [-0.2, -0.15) is 0 Å². The fourth-order valence-corrected chi connectivity index (χ4v) is 8.03. The minimum Gasteiger partial charge on any atom is -0.504 e. The molecule has 0 aliphatic carbocycles. The zero-order valence-electron chi connectivity index (χ0n) is 32.3. The molecule has 54 heavy (non-hydrogen) atoms. The third kappa shape index (κ3) is 9.31. The number of piperazine rings is 1. The number of rotatable bonds is 7. The molecule has 14 heteroatoms. The zero-order chi connectivity index (χ0) is 38.6. The number of hydrogen-bond donors (Lipinski definition) is 2. The average molecular weight is 749 g/mol. The molecule has 4 heterocycles. The van der Waals surface area contributed by atoms with Gasteiger partial charge in [-0.05, 0) is 88.6 Å². The molecule has 3 saturated heterocycles. The Morgan fingerprint density at radius 2 is 1.48 bits per heavy atom. The molecular formula is C40H56N6O8. The number of piperidine rings is 2. The lowest BCUT2D eigenvalue weighted by atomic mass is 10.0. The second-order valence-corrected chi connectivity index (χ2v) is 15.8. The highest BCUT2D eigenvalue weighted by atomic mass is 16.6. The van der Waals surface area contributed by atoms with E-state index in [9.17, 15) is 24.3 Å². The van der Waals surface area contributed by atoms with Crippen LogP contribution < -0.4 is 10.1 Å². The van der Waals surface area contributed by atoms with Crippen LogP contribution in [0.3, 0.4) is 0 Å². The molecule has 4 aliphatic heterocycles. The summed E-state index contributed by atoms with van der Waals surface area (Å²) in [5, 5.41) is 13.5. The number of ether oxygens (including phenoxy) is 3. The molecule has 2 aromatic rings. The topological polar surface area (TPSA) is 144 Å². The minimum atomic E-state index is -1.08. The number of urea groups is 1. The van der Waals surface area contributed by atoms with Crippen molar-refractivity contribution in [2.45, 2.75) is 90.0 Å². The first-order chi connectivity index (χ1) is 25.8. The van der Waals surface area contributed by atoms with Gasteiger partial charge < -0.3 is 44.2 Å². The molecule has 2 N–H and O–H groups in total. The number of phenolic OH excluding ortho intramolecular Hbond substituents is 1. The standard InChI is InChI=1S/C40H56N6O8/c1-27-24-28(25-33(52-5)35(27)47)26-34(36(48)43-22-20-42(21-23-43)30-11-15-45(16-12-30)39(51)54-40(2,3)4)53-38(50)44-17-13-31(14-18-44)46-19-10-29-8-6-7-9-32(29)41-37(46)49/h6-9,24-25,30-31,34,47H,10-23,26H2,1-5H3,(H,41,49)/t34-/m1/s1. The predicted octanol–water partition coefficient (Wildman–Crippen LogP) is 4.86. The highest BCUT2D eigenvalue weighted by molar-refractivity contribution is 5.91. The molecule has 0 unspecified atom stereocenters. The number of methoxy groups -OCH3 is 1. The van der Waals surface area contributed by atoms with Crippen molar-refractivity contribution in [2.75, 3.05) is 71.3 Å². The number of nitrogens with zero attached hydrogens (tertiary/aromatic N) is 5. The molecule has 0 spiro atoms. The van der Waals surface area contributed by atoms with Crippen LogP contribution in [0.15, 0.2) is 36.4 Å². The fraction of sp³-hybridized carbons (Fsp3) is 0.600. The Hall–Kier alpha value is -4.72. The monoisotopic (exact) mass is 748 g/mol. The number of amides is 5. The van der Waals surface area contributed by atoms with Crippen LogP contribution in [0.2, 0.25) is 0 Å². The van der Waals surface area contributed by atoms with Crippen LogP contribution in [-0.2, 0) is 27.1 Å². The van der Waals surface area contributed by atoms with Gasteiger partial charge in [0, 0.05) is 83.1 Å². The quantitative estimate of drug-likeness (QED) is 0.406. The Kier molecular flexibility index (Phi) is 12.1. The van der Waals surface area contributed by atoms with Crippen molar-refractivity contribution in [3.8, 4) is 11.5 Å². The van der Waals surface area contributed by atoms with Gasteiger partial charge in [0.25, 0.3) is 5.91 Å². The van der Waals surface area contributed by atoms with Gasteiger partial charge in [-0.15, -0.1) is 0 Å².